The Kier molecular flexibility index (Phi) is 4.86. The largest absolute Gasteiger partial charge is 0.479 e. The maximum Gasteiger partial charge on any atom is 0.322 e. The van der Waals surface area contributed by atoms with Gasteiger partial charge in [-0.1, -0.05) is 0 Å². The number of amides is 2. The first kappa shape index (κ1) is 15.5. The van der Waals surface area contributed by atoms with E-state index in [4.69, 9.17) is 4.74 Å². The summed E-state index contributed by atoms with van der Waals surface area (Å²) in [7, 11) is 1.51. The number of rotatable bonds is 4. The fourth-order valence-electron chi connectivity index (χ4n) is 2.46. The Balaban J connectivity index is 1.52. The molecule has 1 aliphatic heterocycles. The highest BCUT2D eigenvalue weighted by Gasteiger charge is 2.23. The van der Waals surface area contributed by atoms with Crippen LogP contribution in [-0.2, 0) is 0 Å². The molecule has 3 rings (SSSR count). The van der Waals surface area contributed by atoms with E-state index in [-0.39, 0.29) is 6.03 Å². The third kappa shape index (κ3) is 3.86. The molecule has 0 aromatic carbocycles. The van der Waals surface area contributed by atoms with Crippen molar-refractivity contribution in [1.82, 2.24) is 19.9 Å². The van der Waals surface area contributed by atoms with Gasteiger partial charge in [0.25, 0.3) is 0 Å². The van der Waals surface area contributed by atoms with E-state index in [0.717, 1.165) is 18.0 Å². The number of piperidine rings is 1. The first-order valence-electron chi connectivity index (χ1n) is 7.32. The first-order valence-corrected chi connectivity index (χ1v) is 8.20. The lowest BCUT2D eigenvalue weighted by atomic mass is 10.1. The number of hydrogen-bond acceptors (Lipinski definition) is 7. The van der Waals surface area contributed by atoms with Crippen molar-refractivity contribution >= 4 is 28.2 Å². The number of anilines is 2. The van der Waals surface area contributed by atoms with Crippen molar-refractivity contribution in [3.8, 4) is 5.88 Å². The second kappa shape index (κ2) is 7.23. The lowest BCUT2D eigenvalue weighted by Gasteiger charge is -2.32. The Morgan fingerprint density at radius 2 is 2.22 bits per heavy atom. The van der Waals surface area contributed by atoms with E-state index in [1.54, 1.807) is 22.4 Å². The molecule has 1 saturated heterocycles. The minimum absolute atomic E-state index is 0.161. The van der Waals surface area contributed by atoms with Crippen molar-refractivity contribution < 1.29 is 9.53 Å². The molecular weight excluding hydrogens is 316 g/mol. The number of carbonyl (C=O) groups excluding carboxylic acids is 1. The summed E-state index contributed by atoms with van der Waals surface area (Å²) in [6.07, 6.45) is 6.46. The van der Waals surface area contributed by atoms with Gasteiger partial charge in [0.05, 0.1) is 13.3 Å². The summed E-state index contributed by atoms with van der Waals surface area (Å²) in [5.74, 6) is 0.355. The number of hydrogen-bond donors (Lipinski definition) is 2. The summed E-state index contributed by atoms with van der Waals surface area (Å²) in [6.45, 7) is 1.37. The Morgan fingerprint density at radius 3 is 2.91 bits per heavy atom. The summed E-state index contributed by atoms with van der Waals surface area (Å²) in [6, 6.07) is 0.186. The highest BCUT2D eigenvalue weighted by atomic mass is 32.1. The zero-order chi connectivity index (χ0) is 16.1. The standard InChI is InChI=1S/C14H18N6O2S/c1-22-12-11(8-15-9-17-12)19-14(21)20-5-2-10(3-6-20)18-13-16-4-7-23-13/h4,7-10H,2-3,5-6H2,1H3,(H,16,18)(H,19,21). The van der Waals surface area contributed by atoms with E-state index in [1.807, 2.05) is 5.38 Å². The third-order valence-electron chi connectivity index (χ3n) is 3.65. The van der Waals surface area contributed by atoms with E-state index in [1.165, 1.54) is 19.6 Å². The number of carbonyl (C=O) groups is 1. The quantitative estimate of drug-likeness (QED) is 0.889. The predicted molar refractivity (Wildman–Crippen MR) is 87.9 cm³/mol. The van der Waals surface area contributed by atoms with Gasteiger partial charge in [-0.05, 0) is 12.8 Å². The maximum absolute atomic E-state index is 12.3. The summed E-state index contributed by atoms with van der Waals surface area (Å²) in [5, 5.41) is 9.07. The molecule has 1 aliphatic rings. The molecule has 0 bridgehead atoms. The number of methoxy groups -OCH3 is 1. The highest BCUT2D eigenvalue weighted by Crippen LogP contribution is 2.21. The van der Waals surface area contributed by atoms with E-state index >= 15 is 0 Å². The first-order chi connectivity index (χ1) is 11.3. The number of nitrogens with one attached hydrogen (secondary N) is 2. The van der Waals surface area contributed by atoms with Gasteiger partial charge < -0.3 is 20.3 Å². The van der Waals surface area contributed by atoms with E-state index < -0.39 is 0 Å². The molecule has 2 amide bonds. The molecule has 3 heterocycles. The molecule has 0 unspecified atom stereocenters. The van der Waals surface area contributed by atoms with Crippen LogP contribution >= 0.6 is 11.3 Å². The van der Waals surface area contributed by atoms with Crippen molar-refractivity contribution in [3.63, 3.8) is 0 Å². The van der Waals surface area contributed by atoms with Crippen LogP contribution in [0.3, 0.4) is 0 Å². The lowest BCUT2D eigenvalue weighted by molar-refractivity contribution is 0.197. The van der Waals surface area contributed by atoms with Gasteiger partial charge in [-0.15, -0.1) is 11.3 Å². The average Bonchev–Trinajstić information content (AvgIpc) is 3.09. The zero-order valence-corrected chi connectivity index (χ0v) is 13.5. The van der Waals surface area contributed by atoms with Gasteiger partial charge in [-0.2, -0.15) is 4.98 Å². The second-order valence-corrected chi connectivity index (χ2v) is 6.01. The van der Waals surface area contributed by atoms with Crippen molar-refractivity contribution in [3.05, 3.63) is 24.1 Å². The molecule has 23 heavy (non-hydrogen) atoms. The summed E-state index contributed by atoms with van der Waals surface area (Å²) in [4.78, 5) is 26.2. The minimum atomic E-state index is -0.161. The van der Waals surface area contributed by atoms with Gasteiger partial charge in [0.2, 0.25) is 5.88 Å². The van der Waals surface area contributed by atoms with Gasteiger partial charge in [-0.3, -0.25) is 0 Å². The van der Waals surface area contributed by atoms with Crippen LogP contribution in [0.1, 0.15) is 12.8 Å². The van der Waals surface area contributed by atoms with E-state index in [0.29, 0.717) is 30.7 Å². The van der Waals surface area contributed by atoms with Gasteiger partial charge in [0.15, 0.2) is 5.13 Å². The smallest absolute Gasteiger partial charge is 0.322 e. The van der Waals surface area contributed by atoms with Gasteiger partial charge in [-0.25, -0.2) is 14.8 Å². The Morgan fingerprint density at radius 1 is 1.39 bits per heavy atom. The van der Waals surface area contributed by atoms with Crippen molar-refractivity contribution in [2.24, 2.45) is 0 Å². The Labute approximate surface area is 137 Å². The van der Waals surface area contributed by atoms with Gasteiger partial charge >= 0.3 is 6.03 Å². The monoisotopic (exact) mass is 334 g/mol. The molecule has 0 spiro atoms. The topological polar surface area (TPSA) is 92.3 Å². The van der Waals surface area contributed by atoms with Crippen molar-refractivity contribution in [1.29, 1.82) is 0 Å². The fourth-order valence-corrected chi connectivity index (χ4v) is 3.06. The molecular formula is C14H18N6O2S. The van der Waals surface area contributed by atoms with Crippen LogP contribution in [0.2, 0.25) is 0 Å². The molecule has 2 N–H and O–H groups in total. The van der Waals surface area contributed by atoms with E-state index in [9.17, 15) is 4.79 Å². The molecule has 8 nitrogen and oxygen atoms in total. The predicted octanol–water partition coefficient (Wildman–Crippen LogP) is 2.05. The van der Waals surface area contributed by atoms with Crippen LogP contribution in [0.15, 0.2) is 24.1 Å². The summed E-state index contributed by atoms with van der Waals surface area (Å²) < 4.78 is 5.11. The van der Waals surface area contributed by atoms with Crippen LogP contribution in [0.25, 0.3) is 0 Å². The summed E-state index contributed by atoms with van der Waals surface area (Å²) in [5.41, 5.74) is 0.475. The molecule has 1 fully saturated rings. The van der Waals surface area contributed by atoms with Gasteiger partial charge in [0.1, 0.15) is 12.0 Å². The van der Waals surface area contributed by atoms with E-state index in [2.05, 4.69) is 25.6 Å². The molecule has 2 aromatic rings. The number of ether oxygens (including phenoxy) is 1. The molecule has 9 heteroatoms. The number of thiazole rings is 1. The number of aromatic nitrogens is 3. The molecule has 0 aliphatic carbocycles. The maximum atomic E-state index is 12.3. The molecule has 2 aromatic heterocycles. The number of likely N-dealkylation sites (tertiary alicyclic amines) is 1. The Bertz CT molecular complexity index is 642. The average molecular weight is 334 g/mol. The van der Waals surface area contributed by atoms with Crippen molar-refractivity contribution in [2.45, 2.75) is 18.9 Å². The Hall–Kier alpha value is -2.42. The second-order valence-electron chi connectivity index (χ2n) is 5.12. The molecule has 122 valence electrons. The zero-order valence-electron chi connectivity index (χ0n) is 12.7. The van der Waals surface area contributed by atoms with Crippen molar-refractivity contribution in [2.75, 3.05) is 30.8 Å². The number of nitrogens with zero attached hydrogens (tertiary/aromatic N) is 4. The number of urea groups is 1. The normalized spacial score (nSPS) is 15.3. The fraction of sp³-hybridized carbons (Fsp3) is 0.429. The van der Waals surface area contributed by atoms with Crippen LogP contribution in [0.4, 0.5) is 15.6 Å². The highest BCUT2D eigenvalue weighted by molar-refractivity contribution is 7.13. The molecule has 0 radical (unpaired) electrons. The van der Waals surface area contributed by atoms with Crippen LogP contribution < -0.4 is 15.4 Å². The lowest BCUT2D eigenvalue weighted by Crippen LogP contribution is -2.44. The molecule has 0 saturated carbocycles. The van der Waals surface area contributed by atoms with Crippen LogP contribution in [-0.4, -0.2) is 52.1 Å². The van der Waals surface area contributed by atoms with Gasteiger partial charge in [0, 0.05) is 30.7 Å². The molecule has 0 atom stereocenters. The minimum Gasteiger partial charge on any atom is -0.479 e. The van der Waals surface area contributed by atoms with Crippen LogP contribution in [0.5, 0.6) is 5.88 Å². The third-order valence-corrected chi connectivity index (χ3v) is 4.36. The summed E-state index contributed by atoms with van der Waals surface area (Å²) >= 11 is 1.59. The SMILES string of the molecule is COc1ncncc1NC(=O)N1CCC(Nc2nccs2)CC1. The van der Waals surface area contributed by atoms with Crippen LogP contribution in [0, 0.1) is 0 Å².